The van der Waals surface area contributed by atoms with Gasteiger partial charge in [-0.2, -0.15) is 0 Å². The summed E-state index contributed by atoms with van der Waals surface area (Å²) in [6.07, 6.45) is 6.59. The first kappa shape index (κ1) is 17.0. The van der Waals surface area contributed by atoms with Gasteiger partial charge in [0.2, 0.25) is 5.43 Å². The molecule has 0 amide bonds. The smallest absolute Gasteiger partial charge is 0.207 e. The summed E-state index contributed by atoms with van der Waals surface area (Å²) in [5.74, 6) is 0. The number of nitrogens with zero attached hydrogens (tertiary/aromatic N) is 3. The molecule has 4 aromatic rings. The molecule has 0 bridgehead atoms. The summed E-state index contributed by atoms with van der Waals surface area (Å²) in [7, 11) is 0. The van der Waals surface area contributed by atoms with E-state index in [4.69, 9.17) is 11.6 Å². The molecule has 4 heterocycles. The zero-order valence-electron chi connectivity index (χ0n) is 12.0. The van der Waals surface area contributed by atoms with Crippen molar-refractivity contribution in [3.63, 3.8) is 0 Å². The molecule has 0 aliphatic heterocycles. The zero-order chi connectivity index (χ0) is 17.1. The topological polar surface area (TPSA) is 71.5 Å². The zero-order valence-corrected chi connectivity index (χ0v) is 15.9. The Morgan fingerprint density at radius 3 is 2.46 bits per heavy atom. The molecule has 8 heteroatoms. The van der Waals surface area contributed by atoms with Crippen LogP contribution in [0.15, 0.2) is 62.8 Å². The van der Waals surface area contributed by atoms with Gasteiger partial charge >= 0.3 is 0 Å². The van der Waals surface area contributed by atoms with Gasteiger partial charge in [0.25, 0.3) is 0 Å². The van der Waals surface area contributed by atoms with E-state index in [-0.39, 0.29) is 5.43 Å². The highest BCUT2D eigenvalue weighted by Gasteiger charge is 2.00. The Labute approximate surface area is 158 Å². The van der Waals surface area contributed by atoms with Crippen molar-refractivity contribution in [3.05, 3.63) is 73.2 Å². The molecule has 4 aromatic heterocycles. The minimum Gasteiger partial charge on any atom is -0.360 e. The lowest BCUT2D eigenvalue weighted by molar-refractivity contribution is 1.30. The molecule has 0 saturated heterocycles. The van der Waals surface area contributed by atoms with Crippen molar-refractivity contribution >= 4 is 65.5 Å². The summed E-state index contributed by atoms with van der Waals surface area (Å²) in [6.45, 7) is 0. The summed E-state index contributed by atoms with van der Waals surface area (Å²) in [5, 5.41) is 0.632. The highest BCUT2D eigenvalue weighted by atomic mass is 79.9. The Morgan fingerprint density at radius 2 is 1.67 bits per heavy atom. The summed E-state index contributed by atoms with van der Waals surface area (Å²) >= 11 is 12.5. The minimum atomic E-state index is -0.0590. The number of fused-ring (bicyclic) bond motifs is 2. The first-order chi connectivity index (χ1) is 11.5. The van der Waals surface area contributed by atoms with Gasteiger partial charge in [-0.15, -0.1) is 0 Å². The van der Waals surface area contributed by atoms with Gasteiger partial charge in [-0.3, -0.25) is 14.8 Å². The third-order valence-electron chi connectivity index (χ3n) is 3.06. The molecular weight excluding hydrogens is 459 g/mol. The van der Waals surface area contributed by atoms with Crippen LogP contribution in [0.25, 0.3) is 22.1 Å². The maximum absolute atomic E-state index is 11.2. The third-order valence-corrected chi connectivity index (χ3v) is 4.23. The Hall–Kier alpha value is -1.83. The summed E-state index contributed by atoms with van der Waals surface area (Å²) in [5.41, 5.74) is 2.70. The fraction of sp³-hybridized carbons (Fsp3) is 0. The van der Waals surface area contributed by atoms with Crippen molar-refractivity contribution < 1.29 is 0 Å². The summed E-state index contributed by atoms with van der Waals surface area (Å²) < 4.78 is 1.77. The van der Waals surface area contributed by atoms with Crippen LogP contribution in [-0.4, -0.2) is 19.9 Å². The van der Waals surface area contributed by atoms with E-state index in [1.807, 2.05) is 12.1 Å². The maximum Gasteiger partial charge on any atom is 0.207 e. The lowest BCUT2D eigenvalue weighted by Gasteiger charge is -1.97. The fourth-order valence-corrected chi connectivity index (χ4v) is 2.86. The van der Waals surface area contributed by atoms with E-state index in [1.54, 1.807) is 30.9 Å². The first-order valence-electron chi connectivity index (χ1n) is 6.73. The molecule has 0 aliphatic carbocycles. The van der Waals surface area contributed by atoms with Crippen LogP contribution in [0.4, 0.5) is 0 Å². The van der Waals surface area contributed by atoms with E-state index < -0.39 is 0 Å². The monoisotopic (exact) mass is 466 g/mol. The second-order valence-electron chi connectivity index (χ2n) is 4.71. The molecule has 0 spiro atoms. The highest BCUT2D eigenvalue weighted by molar-refractivity contribution is 9.10. The molecule has 0 aromatic carbocycles. The molecule has 0 saturated carbocycles. The van der Waals surface area contributed by atoms with Crippen LogP contribution in [-0.2, 0) is 0 Å². The largest absolute Gasteiger partial charge is 0.360 e. The Bertz CT molecular complexity index is 1080. The molecule has 4 rings (SSSR count). The number of hydrogen-bond donors (Lipinski definition) is 1. The van der Waals surface area contributed by atoms with Gasteiger partial charge in [0.15, 0.2) is 0 Å². The van der Waals surface area contributed by atoms with Crippen LogP contribution < -0.4 is 5.43 Å². The van der Waals surface area contributed by atoms with Gasteiger partial charge in [-0.1, -0.05) is 11.6 Å². The van der Waals surface area contributed by atoms with Crippen LogP contribution >= 0.6 is 43.5 Å². The minimum absolute atomic E-state index is 0.0590. The molecule has 24 heavy (non-hydrogen) atoms. The van der Waals surface area contributed by atoms with E-state index in [2.05, 4.69) is 51.8 Å². The SMILES string of the molecule is Clc1ccnc2cc(Br)cnc12.O=c1cc[nH]c2cc(Br)cnc12. The Balaban J connectivity index is 0.000000141. The number of aromatic amines is 1. The standard InChI is InChI=1S/C8H4BrClN2.C8H5BrN2O/c9-5-3-7-8(12-4-5)6(10)1-2-11-7;9-5-3-6-8(11-4-5)7(12)1-2-10-6/h1-4H;1-4H,(H,10,12). The van der Waals surface area contributed by atoms with Crippen LogP contribution in [0.1, 0.15) is 0 Å². The quantitative estimate of drug-likeness (QED) is 0.405. The number of rotatable bonds is 0. The van der Waals surface area contributed by atoms with E-state index in [0.29, 0.717) is 10.5 Å². The molecule has 0 unspecified atom stereocenters. The maximum atomic E-state index is 11.2. The van der Waals surface area contributed by atoms with Crippen molar-refractivity contribution in [2.75, 3.05) is 0 Å². The second kappa shape index (κ2) is 7.38. The van der Waals surface area contributed by atoms with E-state index in [1.165, 1.54) is 6.07 Å². The number of pyridine rings is 4. The average Bonchev–Trinajstić information content (AvgIpc) is 2.55. The van der Waals surface area contributed by atoms with Crippen molar-refractivity contribution in [1.29, 1.82) is 0 Å². The average molecular weight is 469 g/mol. The molecule has 5 nitrogen and oxygen atoms in total. The number of H-pyrrole nitrogens is 1. The van der Waals surface area contributed by atoms with Crippen LogP contribution in [0.5, 0.6) is 0 Å². The van der Waals surface area contributed by atoms with E-state index >= 15 is 0 Å². The van der Waals surface area contributed by atoms with Crippen molar-refractivity contribution in [2.45, 2.75) is 0 Å². The molecular formula is C16H9Br2ClN4O. The molecule has 0 aliphatic rings. The second-order valence-corrected chi connectivity index (χ2v) is 6.94. The Kier molecular flexibility index (Phi) is 5.23. The predicted molar refractivity (Wildman–Crippen MR) is 102 cm³/mol. The van der Waals surface area contributed by atoms with E-state index in [9.17, 15) is 4.79 Å². The third kappa shape index (κ3) is 3.80. The molecule has 0 fully saturated rings. The van der Waals surface area contributed by atoms with Gasteiger partial charge in [-0.25, -0.2) is 4.98 Å². The molecule has 0 radical (unpaired) electrons. The van der Waals surface area contributed by atoms with Gasteiger partial charge < -0.3 is 4.98 Å². The van der Waals surface area contributed by atoms with Crippen LogP contribution in [0, 0.1) is 0 Å². The van der Waals surface area contributed by atoms with Gasteiger partial charge in [-0.05, 0) is 50.1 Å². The van der Waals surface area contributed by atoms with Crippen LogP contribution in [0.2, 0.25) is 5.02 Å². The molecule has 0 atom stereocenters. The summed E-state index contributed by atoms with van der Waals surface area (Å²) in [4.78, 5) is 26.4. The van der Waals surface area contributed by atoms with Crippen LogP contribution in [0.3, 0.4) is 0 Å². The van der Waals surface area contributed by atoms with Crippen molar-refractivity contribution in [1.82, 2.24) is 19.9 Å². The number of aromatic nitrogens is 4. The number of nitrogens with one attached hydrogen (secondary N) is 1. The Morgan fingerprint density at radius 1 is 0.958 bits per heavy atom. The molecule has 120 valence electrons. The number of halogens is 3. The lowest BCUT2D eigenvalue weighted by atomic mass is 10.3. The van der Waals surface area contributed by atoms with Gasteiger partial charge in [0.05, 0.1) is 16.1 Å². The first-order valence-corrected chi connectivity index (χ1v) is 8.70. The molecule has 1 N–H and O–H groups in total. The van der Waals surface area contributed by atoms with Gasteiger partial charge in [0, 0.05) is 39.8 Å². The lowest BCUT2D eigenvalue weighted by Crippen LogP contribution is -2.01. The number of hydrogen-bond acceptors (Lipinski definition) is 4. The van der Waals surface area contributed by atoms with E-state index in [0.717, 1.165) is 25.5 Å². The predicted octanol–water partition coefficient (Wildman–Crippen LogP) is 4.73. The highest BCUT2D eigenvalue weighted by Crippen LogP contribution is 2.21. The summed E-state index contributed by atoms with van der Waals surface area (Å²) in [6, 6.07) is 6.89. The normalized spacial score (nSPS) is 10.5. The van der Waals surface area contributed by atoms with Crippen molar-refractivity contribution in [3.8, 4) is 0 Å². The van der Waals surface area contributed by atoms with Gasteiger partial charge in [0.1, 0.15) is 11.0 Å². The fourth-order valence-electron chi connectivity index (χ4n) is 2.00. The van der Waals surface area contributed by atoms with Crippen molar-refractivity contribution in [2.24, 2.45) is 0 Å².